The predicted octanol–water partition coefficient (Wildman–Crippen LogP) is 0.389. The van der Waals surface area contributed by atoms with Gasteiger partial charge in [0.2, 0.25) is 0 Å². The molecule has 0 unspecified atom stereocenters. The van der Waals surface area contributed by atoms with Gasteiger partial charge in [-0.05, 0) is 24.5 Å². The molecule has 2 amide bonds. The van der Waals surface area contributed by atoms with Crippen LogP contribution in [0.4, 0.5) is 4.79 Å². The van der Waals surface area contributed by atoms with Crippen molar-refractivity contribution in [1.82, 2.24) is 20.4 Å². The van der Waals surface area contributed by atoms with Crippen molar-refractivity contribution in [3.8, 4) is 0 Å². The number of rotatable bonds is 8. The number of carboxylic acids is 1. The average molecular weight is 286 g/mol. The van der Waals surface area contributed by atoms with E-state index < -0.39 is 18.0 Å². The van der Waals surface area contributed by atoms with Gasteiger partial charge in [-0.3, -0.25) is 4.68 Å². The predicted molar refractivity (Wildman–Crippen MR) is 73.2 cm³/mol. The van der Waals surface area contributed by atoms with Gasteiger partial charge in [-0.2, -0.15) is 16.9 Å². The number of nitrogens with one attached hydrogen (secondary N) is 2. The van der Waals surface area contributed by atoms with E-state index in [-0.39, 0.29) is 0 Å². The van der Waals surface area contributed by atoms with Crippen LogP contribution in [0.25, 0.3) is 0 Å². The molecule has 0 saturated carbocycles. The third kappa shape index (κ3) is 6.14. The van der Waals surface area contributed by atoms with Gasteiger partial charge in [0.1, 0.15) is 6.04 Å². The summed E-state index contributed by atoms with van der Waals surface area (Å²) in [6, 6.07) is 0.473. The van der Waals surface area contributed by atoms with Crippen molar-refractivity contribution in [3.63, 3.8) is 0 Å². The fraction of sp³-hybridized carbons (Fsp3) is 0.545. The molecule has 1 aromatic heterocycles. The van der Waals surface area contributed by atoms with Crippen LogP contribution in [0.3, 0.4) is 0 Å². The molecule has 0 aliphatic rings. The normalized spacial score (nSPS) is 11.8. The molecule has 1 heterocycles. The van der Waals surface area contributed by atoms with Crippen LogP contribution in [0.2, 0.25) is 0 Å². The molecule has 0 saturated heterocycles. The first kappa shape index (κ1) is 15.4. The first-order valence-corrected chi connectivity index (χ1v) is 7.26. The molecule has 0 bridgehead atoms. The molecule has 106 valence electrons. The van der Waals surface area contributed by atoms with Crippen LogP contribution in [0.15, 0.2) is 18.5 Å². The average Bonchev–Trinajstić information content (AvgIpc) is 2.87. The number of urea groups is 1. The second-order valence-electron chi connectivity index (χ2n) is 3.84. The monoisotopic (exact) mass is 286 g/mol. The van der Waals surface area contributed by atoms with Crippen molar-refractivity contribution in [2.75, 3.05) is 18.6 Å². The van der Waals surface area contributed by atoms with Crippen molar-refractivity contribution in [1.29, 1.82) is 0 Å². The number of carboxylic acid groups (broad SMARTS) is 1. The molecule has 3 N–H and O–H groups in total. The lowest BCUT2D eigenvalue weighted by Gasteiger charge is -2.14. The molecule has 0 aromatic carbocycles. The quantitative estimate of drug-likeness (QED) is 0.642. The van der Waals surface area contributed by atoms with Crippen LogP contribution >= 0.6 is 11.8 Å². The van der Waals surface area contributed by atoms with Crippen molar-refractivity contribution in [2.45, 2.75) is 19.0 Å². The maximum absolute atomic E-state index is 11.5. The smallest absolute Gasteiger partial charge is 0.326 e. The number of carbonyl (C=O) groups excluding carboxylic acids is 1. The Morgan fingerprint density at radius 3 is 2.89 bits per heavy atom. The number of hydrogen-bond acceptors (Lipinski definition) is 4. The molecule has 7 nitrogen and oxygen atoms in total. The highest BCUT2D eigenvalue weighted by molar-refractivity contribution is 7.98. The standard InChI is InChI=1S/C11H18N4O3S/c1-19-8-3-9(10(16)17)14-11(18)12-5-7-15-6-2-4-13-15/h2,4,6,9H,3,5,7-8H2,1H3,(H,16,17)(H2,12,14,18)/t9-/m1/s1. The molecule has 0 aliphatic heterocycles. The molecule has 1 atom stereocenters. The minimum atomic E-state index is -1.02. The number of nitrogens with zero attached hydrogens (tertiary/aromatic N) is 2. The maximum Gasteiger partial charge on any atom is 0.326 e. The van der Waals surface area contributed by atoms with Crippen molar-refractivity contribution in [2.24, 2.45) is 0 Å². The molecule has 0 fully saturated rings. The molecular formula is C11H18N4O3S. The second kappa shape index (κ2) is 8.41. The van der Waals surface area contributed by atoms with E-state index >= 15 is 0 Å². The number of aromatic nitrogens is 2. The summed E-state index contributed by atoms with van der Waals surface area (Å²) in [5.74, 6) is -0.332. The van der Waals surface area contributed by atoms with E-state index in [4.69, 9.17) is 5.11 Å². The summed E-state index contributed by atoms with van der Waals surface area (Å²) in [6.45, 7) is 0.936. The third-order valence-corrected chi connectivity index (χ3v) is 3.04. The van der Waals surface area contributed by atoms with Gasteiger partial charge in [0, 0.05) is 18.9 Å². The number of thioether (sulfide) groups is 1. The SMILES string of the molecule is CSCC[C@@H](NC(=O)NCCn1cccn1)C(=O)O. The van der Waals surface area contributed by atoms with Crippen LogP contribution in [-0.2, 0) is 11.3 Å². The van der Waals surface area contributed by atoms with Gasteiger partial charge >= 0.3 is 12.0 Å². The Balaban J connectivity index is 2.25. The minimum Gasteiger partial charge on any atom is -0.480 e. The van der Waals surface area contributed by atoms with E-state index in [0.29, 0.717) is 25.3 Å². The number of carbonyl (C=O) groups is 2. The molecule has 0 spiro atoms. The number of aliphatic carboxylic acids is 1. The second-order valence-corrected chi connectivity index (χ2v) is 4.83. The van der Waals surface area contributed by atoms with Gasteiger partial charge in [0.25, 0.3) is 0 Å². The Kier molecular flexibility index (Phi) is 6.80. The highest BCUT2D eigenvalue weighted by Crippen LogP contribution is 2.00. The van der Waals surface area contributed by atoms with Gasteiger partial charge in [0.15, 0.2) is 0 Å². The number of hydrogen-bond donors (Lipinski definition) is 3. The zero-order valence-corrected chi connectivity index (χ0v) is 11.5. The Labute approximate surface area is 115 Å². The summed E-state index contributed by atoms with van der Waals surface area (Å²) in [6.07, 6.45) is 5.74. The summed E-state index contributed by atoms with van der Waals surface area (Å²) in [7, 11) is 0. The molecule has 1 aromatic rings. The highest BCUT2D eigenvalue weighted by Gasteiger charge is 2.18. The fourth-order valence-corrected chi connectivity index (χ4v) is 1.89. The largest absolute Gasteiger partial charge is 0.480 e. The van der Waals surface area contributed by atoms with E-state index in [2.05, 4.69) is 15.7 Å². The van der Waals surface area contributed by atoms with Crippen LogP contribution in [0.5, 0.6) is 0 Å². The summed E-state index contributed by atoms with van der Waals surface area (Å²) < 4.78 is 1.68. The van der Waals surface area contributed by atoms with Crippen LogP contribution < -0.4 is 10.6 Å². The van der Waals surface area contributed by atoms with Crippen LogP contribution in [0.1, 0.15) is 6.42 Å². The van der Waals surface area contributed by atoms with Crippen LogP contribution in [-0.4, -0.2) is 51.5 Å². The molecule has 0 radical (unpaired) electrons. The summed E-state index contributed by atoms with van der Waals surface area (Å²) in [5.41, 5.74) is 0. The van der Waals surface area contributed by atoms with Gasteiger partial charge < -0.3 is 15.7 Å². The first-order valence-electron chi connectivity index (χ1n) is 5.87. The minimum absolute atomic E-state index is 0.391. The van der Waals surface area contributed by atoms with E-state index in [1.807, 2.05) is 6.26 Å². The van der Waals surface area contributed by atoms with E-state index in [1.165, 1.54) is 0 Å². The summed E-state index contributed by atoms with van der Waals surface area (Å²) in [5, 5.41) is 18.0. The third-order valence-electron chi connectivity index (χ3n) is 2.40. The molecular weight excluding hydrogens is 268 g/mol. The Morgan fingerprint density at radius 2 is 2.32 bits per heavy atom. The summed E-state index contributed by atoms with van der Waals surface area (Å²) >= 11 is 1.54. The van der Waals surface area contributed by atoms with Crippen molar-refractivity contribution < 1.29 is 14.7 Å². The van der Waals surface area contributed by atoms with Crippen LogP contribution in [0, 0.1) is 0 Å². The van der Waals surface area contributed by atoms with Crippen molar-refractivity contribution in [3.05, 3.63) is 18.5 Å². The van der Waals surface area contributed by atoms with Gasteiger partial charge in [-0.25, -0.2) is 9.59 Å². The Hall–Kier alpha value is -1.70. The van der Waals surface area contributed by atoms with Gasteiger partial charge in [-0.15, -0.1) is 0 Å². The van der Waals surface area contributed by atoms with Crippen molar-refractivity contribution >= 4 is 23.8 Å². The highest BCUT2D eigenvalue weighted by atomic mass is 32.2. The lowest BCUT2D eigenvalue weighted by Crippen LogP contribution is -2.46. The molecule has 19 heavy (non-hydrogen) atoms. The Morgan fingerprint density at radius 1 is 1.53 bits per heavy atom. The van der Waals surface area contributed by atoms with E-state index in [9.17, 15) is 9.59 Å². The van der Waals surface area contributed by atoms with Gasteiger partial charge in [0.05, 0.1) is 6.54 Å². The van der Waals surface area contributed by atoms with E-state index in [1.54, 1.807) is 34.9 Å². The molecule has 0 aliphatic carbocycles. The molecule has 1 rings (SSSR count). The fourth-order valence-electron chi connectivity index (χ4n) is 1.42. The lowest BCUT2D eigenvalue weighted by molar-refractivity contribution is -0.139. The van der Waals surface area contributed by atoms with Gasteiger partial charge in [-0.1, -0.05) is 0 Å². The topological polar surface area (TPSA) is 96.3 Å². The zero-order chi connectivity index (χ0) is 14.1. The zero-order valence-electron chi connectivity index (χ0n) is 10.7. The first-order chi connectivity index (χ1) is 9.13. The lowest BCUT2D eigenvalue weighted by atomic mass is 10.2. The summed E-state index contributed by atoms with van der Waals surface area (Å²) in [4.78, 5) is 22.5. The van der Waals surface area contributed by atoms with E-state index in [0.717, 1.165) is 0 Å². The Bertz CT molecular complexity index is 397. The number of amides is 2. The maximum atomic E-state index is 11.5. The molecule has 8 heteroatoms.